The van der Waals surface area contributed by atoms with E-state index in [4.69, 9.17) is 23.2 Å². The van der Waals surface area contributed by atoms with Gasteiger partial charge in [-0.05, 0) is 43.9 Å². The lowest BCUT2D eigenvalue weighted by atomic mass is 10.1. The highest BCUT2D eigenvalue weighted by Crippen LogP contribution is 2.33. The normalized spacial score (nSPS) is 14.0. The molecule has 1 N–H and O–H groups in total. The van der Waals surface area contributed by atoms with E-state index in [0.29, 0.717) is 28.3 Å². The molecule has 1 fully saturated rings. The Bertz CT molecular complexity index is 770. The number of carbonyl (C=O) groups is 1. The van der Waals surface area contributed by atoms with Crippen molar-refractivity contribution in [3.8, 4) is 0 Å². The number of amides is 1. The van der Waals surface area contributed by atoms with Gasteiger partial charge in [0.1, 0.15) is 0 Å². The first-order chi connectivity index (χ1) is 11.9. The largest absolute Gasteiger partial charge is 0.322 e. The summed E-state index contributed by atoms with van der Waals surface area (Å²) in [6, 6.07) is 12.5. The smallest absolute Gasteiger partial charge is 0.238 e. The Hall–Kier alpha value is -1.55. The minimum atomic E-state index is -0.0894. The predicted molar refractivity (Wildman–Crippen MR) is 104 cm³/mol. The number of anilines is 1. The van der Waals surface area contributed by atoms with Crippen LogP contribution in [0.25, 0.3) is 0 Å². The van der Waals surface area contributed by atoms with Crippen LogP contribution in [0.1, 0.15) is 29.5 Å². The summed E-state index contributed by atoms with van der Waals surface area (Å²) in [5, 5.41) is 3.84. The molecule has 3 rings (SSSR count). The van der Waals surface area contributed by atoms with Crippen molar-refractivity contribution in [1.82, 2.24) is 4.90 Å². The lowest BCUT2D eigenvalue weighted by molar-refractivity contribution is -0.117. The molecule has 0 unspecified atom stereocenters. The van der Waals surface area contributed by atoms with Gasteiger partial charge in [0.25, 0.3) is 0 Å². The summed E-state index contributed by atoms with van der Waals surface area (Å²) in [6.07, 6.45) is 2.29. The molecule has 2 aromatic carbocycles. The van der Waals surface area contributed by atoms with Crippen LogP contribution in [0.15, 0.2) is 36.4 Å². The molecule has 1 saturated carbocycles. The van der Waals surface area contributed by atoms with Crippen LogP contribution in [0, 0.1) is 13.8 Å². The zero-order valence-corrected chi connectivity index (χ0v) is 16.0. The van der Waals surface area contributed by atoms with Gasteiger partial charge in [0.15, 0.2) is 0 Å². The summed E-state index contributed by atoms with van der Waals surface area (Å²) >= 11 is 12.5. The highest BCUT2D eigenvalue weighted by molar-refractivity contribution is 6.40. The Kier molecular flexibility index (Phi) is 5.67. The van der Waals surface area contributed by atoms with Crippen LogP contribution in [0.5, 0.6) is 0 Å². The molecule has 0 heterocycles. The molecule has 25 heavy (non-hydrogen) atoms. The predicted octanol–water partition coefficient (Wildman–Crippen LogP) is 5.21. The van der Waals surface area contributed by atoms with Gasteiger partial charge in [0.2, 0.25) is 5.91 Å². The fraction of sp³-hybridized carbons (Fsp3) is 0.350. The third kappa shape index (κ3) is 4.75. The zero-order chi connectivity index (χ0) is 18.0. The third-order valence-electron chi connectivity index (χ3n) is 4.46. The van der Waals surface area contributed by atoms with Gasteiger partial charge in [0, 0.05) is 12.6 Å². The number of benzene rings is 2. The summed E-state index contributed by atoms with van der Waals surface area (Å²) in [5.41, 5.74) is 3.85. The highest BCUT2D eigenvalue weighted by atomic mass is 35.5. The molecule has 0 aromatic heterocycles. The minimum Gasteiger partial charge on any atom is -0.322 e. The lowest BCUT2D eigenvalue weighted by Gasteiger charge is -2.22. The van der Waals surface area contributed by atoms with E-state index in [1.54, 1.807) is 6.07 Å². The number of hydrogen-bond donors (Lipinski definition) is 1. The Morgan fingerprint density at radius 1 is 1.12 bits per heavy atom. The standard InChI is InChI=1S/C20H22Cl2N2O/c1-13-3-6-15(7-4-13)11-24(16-8-9-16)12-18(25)23-20-17(21)10-5-14(2)19(20)22/h3-7,10,16H,8-9,11-12H2,1-2H3,(H,23,25). The molecule has 1 aliphatic carbocycles. The maximum absolute atomic E-state index is 12.5. The maximum Gasteiger partial charge on any atom is 0.238 e. The molecule has 1 aliphatic rings. The molecule has 0 aliphatic heterocycles. The number of rotatable bonds is 6. The molecular weight excluding hydrogens is 355 g/mol. The quantitative estimate of drug-likeness (QED) is 0.749. The van der Waals surface area contributed by atoms with E-state index in [1.165, 1.54) is 11.1 Å². The summed E-state index contributed by atoms with van der Waals surface area (Å²) in [7, 11) is 0. The van der Waals surface area contributed by atoms with Crippen molar-refractivity contribution in [2.75, 3.05) is 11.9 Å². The van der Waals surface area contributed by atoms with E-state index in [9.17, 15) is 4.79 Å². The molecule has 132 valence electrons. The minimum absolute atomic E-state index is 0.0894. The molecule has 0 spiro atoms. The molecule has 0 atom stereocenters. The average Bonchev–Trinajstić information content (AvgIpc) is 3.41. The van der Waals surface area contributed by atoms with Crippen molar-refractivity contribution in [2.45, 2.75) is 39.3 Å². The zero-order valence-electron chi connectivity index (χ0n) is 14.5. The number of halogens is 2. The van der Waals surface area contributed by atoms with Gasteiger partial charge >= 0.3 is 0 Å². The summed E-state index contributed by atoms with van der Waals surface area (Å²) in [5.74, 6) is -0.0894. The van der Waals surface area contributed by atoms with Crippen molar-refractivity contribution in [2.24, 2.45) is 0 Å². The number of nitrogens with zero attached hydrogens (tertiary/aromatic N) is 1. The maximum atomic E-state index is 12.5. The van der Waals surface area contributed by atoms with E-state index in [-0.39, 0.29) is 5.91 Å². The van der Waals surface area contributed by atoms with Crippen LogP contribution in [-0.2, 0) is 11.3 Å². The molecule has 5 heteroatoms. The van der Waals surface area contributed by atoms with Crippen LogP contribution in [-0.4, -0.2) is 23.4 Å². The van der Waals surface area contributed by atoms with E-state index < -0.39 is 0 Å². The molecular formula is C20H22Cl2N2O. The number of hydrogen-bond acceptors (Lipinski definition) is 2. The average molecular weight is 377 g/mol. The first kappa shape index (κ1) is 18.2. The molecule has 1 amide bonds. The van der Waals surface area contributed by atoms with Crippen molar-refractivity contribution in [3.63, 3.8) is 0 Å². The van der Waals surface area contributed by atoms with E-state index in [1.807, 2.05) is 13.0 Å². The second-order valence-corrected chi connectivity index (χ2v) is 7.51. The summed E-state index contributed by atoms with van der Waals surface area (Å²) in [6.45, 7) is 5.07. The fourth-order valence-electron chi connectivity index (χ4n) is 2.82. The van der Waals surface area contributed by atoms with E-state index in [2.05, 4.69) is 41.4 Å². The SMILES string of the molecule is Cc1ccc(CN(CC(=O)Nc2c(Cl)ccc(C)c2Cl)C2CC2)cc1. The van der Waals surface area contributed by atoms with E-state index >= 15 is 0 Å². The Morgan fingerprint density at radius 2 is 1.80 bits per heavy atom. The van der Waals surface area contributed by atoms with Gasteiger partial charge in [0.05, 0.1) is 22.3 Å². The van der Waals surface area contributed by atoms with E-state index in [0.717, 1.165) is 24.9 Å². The van der Waals surface area contributed by atoms with Crippen molar-refractivity contribution < 1.29 is 4.79 Å². The van der Waals surface area contributed by atoms with Crippen LogP contribution in [0.4, 0.5) is 5.69 Å². The molecule has 3 nitrogen and oxygen atoms in total. The van der Waals surface area contributed by atoms with Crippen molar-refractivity contribution in [3.05, 3.63) is 63.1 Å². The van der Waals surface area contributed by atoms with Gasteiger partial charge in [-0.25, -0.2) is 0 Å². The summed E-state index contributed by atoms with van der Waals surface area (Å²) < 4.78 is 0. The monoisotopic (exact) mass is 376 g/mol. The molecule has 0 saturated heterocycles. The molecule has 0 radical (unpaired) electrons. The third-order valence-corrected chi connectivity index (χ3v) is 5.27. The Balaban J connectivity index is 1.67. The van der Waals surface area contributed by atoms with Gasteiger partial charge in [-0.2, -0.15) is 0 Å². The van der Waals surface area contributed by atoms with Crippen LogP contribution in [0.3, 0.4) is 0 Å². The van der Waals surface area contributed by atoms with Gasteiger partial charge in [-0.1, -0.05) is 59.1 Å². The lowest BCUT2D eigenvalue weighted by Crippen LogP contribution is -2.34. The second kappa shape index (κ2) is 7.77. The van der Waals surface area contributed by atoms with Gasteiger partial charge in [-0.3, -0.25) is 9.69 Å². The Labute approximate surface area is 158 Å². The number of nitrogens with one attached hydrogen (secondary N) is 1. The second-order valence-electron chi connectivity index (χ2n) is 6.72. The Morgan fingerprint density at radius 3 is 2.44 bits per heavy atom. The van der Waals surface area contributed by atoms with Crippen LogP contribution in [0.2, 0.25) is 10.0 Å². The molecule has 0 bridgehead atoms. The topological polar surface area (TPSA) is 32.3 Å². The summed E-state index contributed by atoms with van der Waals surface area (Å²) in [4.78, 5) is 14.8. The van der Waals surface area contributed by atoms with Gasteiger partial charge < -0.3 is 5.32 Å². The first-order valence-electron chi connectivity index (χ1n) is 8.48. The van der Waals surface area contributed by atoms with Crippen molar-refractivity contribution >= 4 is 34.8 Å². The number of aryl methyl sites for hydroxylation is 2. The van der Waals surface area contributed by atoms with Crippen molar-refractivity contribution in [1.29, 1.82) is 0 Å². The number of carbonyl (C=O) groups excluding carboxylic acids is 1. The highest BCUT2D eigenvalue weighted by Gasteiger charge is 2.30. The molecule has 2 aromatic rings. The fourth-order valence-corrected chi connectivity index (χ4v) is 3.28. The first-order valence-corrected chi connectivity index (χ1v) is 9.23. The van der Waals surface area contributed by atoms with Crippen LogP contribution >= 0.6 is 23.2 Å². The van der Waals surface area contributed by atoms with Gasteiger partial charge in [-0.15, -0.1) is 0 Å². The van der Waals surface area contributed by atoms with Crippen LogP contribution < -0.4 is 5.32 Å².